The summed E-state index contributed by atoms with van der Waals surface area (Å²) in [5.74, 6) is -60.9. The van der Waals surface area contributed by atoms with Gasteiger partial charge in [-0.2, -0.15) is 61.5 Å². The Morgan fingerprint density at radius 3 is 1.52 bits per heavy atom. The summed E-state index contributed by atoms with van der Waals surface area (Å²) in [7, 11) is 0. The number of ether oxygens (including phenoxy) is 1. The molecular formula is C21H11F16NO2. The van der Waals surface area contributed by atoms with Gasteiger partial charge in [-0.25, -0.2) is 8.78 Å². The summed E-state index contributed by atoms with van der Waals surface area (Å²) in [4.78, 5) is 11.8. The highest BCUT2D eigenvalue weighted by molar-refractivity contribution is 5.98. The van der Waals surface area contributed by atoms with Crippen LogP contribution in [0.3, 0.4) is 0 Å². The molecule has 19 heteroatoms. The fourth-order valence-corrected chi connectivity index (χ4v) is 2.75. The Labute approximate surface area is 211 Å². The largest absolute Gasteiger partial charge is 0.455 e. The predicted molar refractivity (Wildman–Crippen MR) is 102 cm³/mol. The summed E-state index contributed by atoms with van der Waals surface area (Å²) < 4.78 is 221. The van der Waals surface area contributed by atoms with Crippen molar-refractivity contribution in [2.24, 2.45) is 0 Å². The first-order valence-corrected chi connectivity index (χ1v) is 9.97. The molecule has 2 aromatic rings. The summed E-state index contributed by atoms with van der Waals surface area (Å²) in [6.07, 6.45) is -5.94. The number of amides is 1. The van der Waals surface area contributed by atoms with E-state index in [9.17, 15) is 75.0 Å². The van der Waals surface area contributed by atoms with Crippen molar-refractivity contribution in [3.8, 4) is 11.5 Å². The molecule has 224 valence electrons. The number of hydrogen-bond acceptors (Lipinski definition) is 2. The summed E-state index contributed by atoms with van der Waals surface area (Å²) in [6.45, 7) is 0. The lowest BCUT2D eigenvalue weighted by molar-refractivity contribution is -0.443. The van der Waals surface area contributed by atoms with Crippen molar-refractivity contribution in [1.82, 2.24) is 0 Å². The molecule has 0 spiro atoms. The molecule has 0 saturated heterocycles. The van der Waals surface area contributed by atoms with E-state index in [4.69, 9.17) is 4.74 Å². The van der Waals surface area contributed by atoms with Crippen LogP contribution < -0.4 is 10.1 Å². The van der Waals surface area contributed by atoms with E-state index in [1.807, 2.05) is 0 Å². The van der Waals surface area contributed by atoms with E-state index in [0.29, 0.717) is 6.07 Å². The number of halogens is 16. The van der Waals surface area contributed by atoms with Crippen LogP contribution in [0.2, 0.25) is 0 Å². The third kappa shape index (κ3) is 4.86. The van der Waals surface area contributed by atoms with Gasteiger partial charge in [0.05, 0.1) is 5.69 Å². The second-order valence-electron chi connectivity index (χ2n) is 7.74. The SMILES string of the molecule is O=C(Nc1ccccc1Oc1ccccc1)C(F)(F)C(F)(F)C(F)(F)C(F)(F)C(F)(F)C(F)(F)C(F)(F)C(F)F. The topological polar surface area (TPSA) is 38.3 Å². The highest BCUT2D eigenvalue weighted by Gasteiger charge is 2.94. The van der Waals surface area contributed by atoms with Gasteiger partial charge in [0.25, 0.3) is 0 Å². The molecule has 0 aliphatic carbocycles. The summed E-state index contributed by atoms with van der Waals surface area (Å²) in [6, 6.07) is 10.2. The van der Waals surface area contributed by atoms with E-state index in [1.165, 1.54) is 30.3 Å². The third-order valence-electron chi connectivity index (χ3n) is 5.06. The van der Waals surface area contributed by atoms with Crippen LogP contribution in [0.4, 0.5) is 75.9 Å². The molecule has 0 unspecified atom stereocenters. The summed E-state index contributed by atoms with van der Waals surface area (Å²) in [5, 5.41) is 0.882. The van der Waals surface area contributed by atoms with E-state index in [-0.39, 0.29) is 5.75 Å². The minimum Gasteiger partial charge on any atom is -0.455 e. The van der Waals surface area contributed by atoms with Crippen molar-refractivity contribution in [3.05, 3.63) is 54.6 Å². The van der Waals surface area contributed by atoms with Crippen LogP contribution >= 0.6 is 0 Å². The molecule has 0 heterocycles. The van der Waals surface area contributed by atoms with E-state index < -0.39 is 65.2 Å². The van der Waals surface area contributed by atoms with Gasteiger partial charge in [-0.3, -0.25) is 4.79 Å². The first-order valence-electron chi connectivity index (χ1n) is 9.97. The number of anilines is 1. The molecule has 0 atom stereocenters. The number of benzene rings is 2. The van der Waals surface area contributed by atoms with E-state index >= 15 is 0 Å². The maximum Gasteiger partial charge on any atom is 0.393 e. The number of alkyl halides is 16. The maximum atomic E-state index is 14.2. The highest BCUT2D eigenvalue weighted by atomic mass is 19.4. The Kier molecular flexibility index (Phi) is 8.37. The van der Waals surface area contributed by atoms with Gasteiger partial charge in [-0.15, -0.1) is 0 Å². The average Bonchev–Trinajstić information content (AvgIpc) is 2.84. The average molecular weight is 613 g/mol. The van der Waals surface area contributed by atoms with Crippen molar-refractivity contribution < 1.29 is 79.8 Å². The number of para-hydroxylation sites is 3. The van der Waals surface area contributed by atoms with Crippen LogP contribution in [-0.2, 0) is 4.79 Å². The van der Waals surface area contributed by atoms with Gasteiger partial charge in [-0.05, 0) is 24.3 Å². The summed E-state index contributed by atoms with van der Waals surface area (Å²) in [5.41, 5.74) is -1.02. The molecular weight excluding hydrogens is 602 g/mol. The Morgan fingerprint density at radius 1 is 0.600 bits per heavy atom. The number of hydrogen-bond donors (Lipinski definition) is 1. The Balaban J connectivity index is 2.49. The molecule has 0 radical (unpaired) electrons. The molecule has 1 amide bonds. The molecule has 0 aromatic heterocycles. The zero-order valence-electron chi connectivity index (χ0n) is 18.6. The number of carbonyl (C=O) groups is 1. The number of carbonyl (C=O) groups excluding carboxylic acids is 1. The van der Waals surface area contributed by atoms with Gasteiger partial charge in [-0.1, -0.05) is 30.3 Å². The fraction of sp³-hybridized carbons (Fsp3) is 0.381. The Morgan fingerprint density at radius 2 is 1.02 bits per heavy atom. The minimum atomic E-state index is -8.59. The van der Waals surface area contributed by atoms with Gasteiger partial charge in [0, 0.05) is 0 Å². The monoisotopic (exact) mass is 613 g/mol. The van der Waals surface area contributed by atoms with E-state index in [0.717, 1.165) is 23.5 Å². The zero-order chi connectivity index (χ0) is 31.2. The second-order valence-corrected chi connectivity index (χ2v) is 7.74. The highest BCUT2D eigenvalue weighted by Crippen LogP contribution is 2.62. The van der Waals surface area contributed by atoms with Crippen LogP contribution in [0.15, 0.2) is 54.6 Å². The normalized spacial score (nSPS) is 14.3. The quantitative estimate of drug-likeness (QED) is 0.260. The number of nitrogens with one attached hydrogen (secondary N) is 1. The van der Waals surface area contributed by atoms with Crippen molar-refractivity contribution in [3.63, 3.8) is 0 Å². The lowest BCUT2D eigenvalue weighted by Gasteiger charge is -2.42. The van der Waals surface area contributed by atoms with E-state index in [1.54, 1.807) is 0 Å². The molecule has 2 aromatic carbocycles. The van der Waals surface area contributed by atoms with Gasteiger partial charge < -0.3 is 10.1 Å². The lowest BCUT2D eigenvalue weighted by Crippen LogP contribution is -2.74. The maximum absolute atomic E-state index is 14.2. The molecule has 0 aliphatic rings. The first kappa shape index (κ1) is 32.8. The van der Waals surface area contributed by atoms with Crippen molar-refractivity contribution in [2.45, 2.75) is 47.9 Å². The fourth-order valence-electron chi connectivity index (χ4n) is 2.75. The second kappa shape index (κ2) is 10.2. The van der Waals surface area contributed by atoms with Gasteiger partial charge >= 0.3 is 53.8 Å². The molecule has 0 saturated carbocycles. The molecule has 40 heavy (non-hydrogen) atoms. The van der Waals surface area contributed by atoms with Gasteiger partial charge in [0.1, 0.15) is 5.75 Å². The van der Waals surface area contributed by atoms with Crippen LogP contribution in [0.5, 0.6) is 11.5 Å². The van der Waals surface area contributed by atoms with Gasteiger partial charge in [0.2, 0.25) is 0 Å². The molecule has 2 rings (SSSR count). The van der Waals surface area contributed by atoms with Crippen molar-refractivity contribution in [2.75, 3.05) is 5.32 Å². The Hall–Kier alpha value is -3.41. The van der Waals surface area contributed by atoms with Crippen LogP contribution in [0.1, 0.15) is 0 Å². The zero-order valence-corrected chi connectivity index (χ0v) is 18.6. The van der Waals surface area contributed by atoms with Gasteiger partial charge in [0.15, 0.2) is 5.75 Å². The molecule has 0 fully saturated rings. The van der Waals surface area contributed by atoms with Crippen LogP contribution in [0, 0.1) is 0 Å². The lowest BCUT2D eigenvalue weighted by atomic mass is 9.89. The van der Waals surface area contributed by atoms with E-state index in [2.05, 4.69) is 0 Å². The standard InChI is InChI=1S/C21H11F16NO2/c22-13(23)15(24,25)17(28,29)19(32,33)21(36,37)20(34,35)18(30,31)16(26,27)14(39)38-11-8-4-5-9-12(11)40-10-6-2-1-3-7-10/h1-9,13H,(H,38,39). The van der Waals surface area contributed by atoms with Crippen LogP contribution in [0.25, 0.3) is 0 Å². The third-order valence-corrected chi connectivity index (χ3v) is 5.06. The molecule has 0 aliphatic heterocycles. The first-order chi connectivity index (χ1) is 17.9. The van der Waals surface area contributed by atoms with Crippen LogP contribution in [-0.4, -0.2) is 53.8 Å². The Bertz CT molecular complexity index is 1200. The molecule has 3 nitrogen and oxygen atoms in total. The predicted octanol–water partition coefficient (Wildman–Crippen LogP) is 8.13. The molecule has 1 N–H and O–H groups in total. The van der Waals surface area contributed by atoms with Crippen molar-refractivity contribution >= 4 is 11.6 Å². The number of rotatable bonds is 11. The summed E-state index contributed by atoms with van der Waals surface area (Å²) >= 11 is 0. The minimum absolute atomic E-state index is 0.0868. The molecule has 0 bridgehead atoms. The smallest absolute Gasteiger partial charge is 0.393 e. The van der Waals surface area contributed by atoms with Crippen molar-refractivity contribution in [1.29, 1.82) is 0 Å².